The fraction of sp³-hybridized carbons (Fsp3) is 0.562. The molecule has 1 N–H and O–H groups in total. The first-order valence-corrected chi connectivity index (χ1v) is 7.94. The first-order chi connectivity index (χ1) is 9.33. The normalized spacial score (nSPS) is 20.6. The molecule has 0 radical (unpaired) electrons. The van der Waals surface area contributed by atoms with Crippen LogP contribution in [0.25, 0.3) is 0 Å². The van der Waals surface area contributed by atoms with Gasteiger partial charge in [-0.1, -0.05) is 44.7 Å². The molecule has 0 spiro atoms. The van der Waals surface area contributed by atoms with Crippen molar-refractivity contribution in [3.05, 3.63) is 35.6 Å². The maximum Gasteiger partial charge on any atom is 0.157 e. The molecule has 0 amide bonds. The average Bonchev–Trinajstić information content (AvgIpc) is 2.74. The summed E-state index contributed by atoms with van der Waals surface area (Å²) in [5, 5.41) is 4.92. The van der Waals surface area contributed by atoms with Gasteiger partial charge in [0, 0.05) is 5.25 Å². The fourth-order valence-corrected chi connectivity index (χ4v) is 3.77. The largest absolute Gasteiger partial charge is 0.358 e. The van der Waals surface area contributed by atoms with Crippen LogP contribution in [0.15, 0.2) is 29.3 Å². The quantitative estimate of drug-likeness (QED) is 0.894. The third-order valence-corrected chi connectivity index (χ3v) is 4.36. The monoisotopic (exact) mass is 294 g/mol. The van der Waals surface area contributed by atoms with E-state index in [0.29, 0.717) is 10.7 Å². The van der Waals surface area contributed by atoms with E-state index in [-0.39, 0.29) is 11.9 Å². The van der Waals surface area contributed by atoms with Crippen LogP contribution in [0.4, 0.5) is 4.39 Å². The first kappa shape index (κ1) is 15.4. The van der Waals surface area contributed by atoms with E-state index in [0.717, 1.165) is 23.7 Å². The molecule has 2 nitrogen and oxygen atoms in total. The molecule has 1 aromatic rings. The molecule has 1 aliphatic rings. The smallest absolute Gasteiger partial charge is 0.157 e. The van der Waals surface area contributed by atoms with Crippen LogP contribution in [0.5, 0.6) is 0 Å². The lowest BCUT2D eigenvalue weighted by Crippen LogP contribution is -2.24. The molecule has 20 heavy (non-hydrogen) atoms. The summed E-state index contributed by atoms with van der Waals surface area (Å²) < 4.78 is 13.2. The van der Waals surface area contributed by atoms with Gasteiger partial charge in [0.2, 0.25) is 0 Å². The van der Waals surface area contributed by atoms with Gasteiger partial charge in [-0.15, -0.1) is 0 Å². The molecule has 0 saturated carbocycles. The van der Waals surface area contributed by atoms with Crippen LogP contribution in [0, 0.1) is 11.2 Å². The number of rotatable bonds is 3. The minimum Gasteiger partial charge on any atom is -0.358 e. The summed E-state index contributed by atoms with van der Waals surface area (Å²) in [5.74, 6) is -0.192. The van der Waals surface area contributed by atoms with Gasteiger partial charge in [0.15, 0.2) is 5.17 Å². The molecule has 1 aromatic carbocycles. The zero-order valence-corrected chi connectivity index (χ0v) is 13.4. The number of aliphatic imine (C=N–C) groups is 1. The highest BCUT2D eigenvalue weighted by molar-refractivity contribution is 8.14. The highest BCUT2D eigenvalue weighted by Gasteiger charge is 2.25. The number of hydrogen-bond acceptors (Lipinski definition) is 3. The lowest BCUT2D eigenvalue weighted by molar-refractivity contribution is 0.375. The minimum atomic E-state index is -0.192. The van der Waals surface area contributed by atoms with Crippen LogP contribution in [0.1, 0.15) is 45.7 Å². The third kappa shape index (κ3) is 4.51. The van der Waals surface area contributed by atoms with E-state index < -0.39 is 0 Å². The number of nitrogens with one attached hydrogen (secondary N) is 1. The molecule has 2 atom stereocenters. The summed E-state index contributed by atoms with van der Waals surface area (Å²) in [4.78, 5) is 4.56. The van der Waals surface area contributed by atoms with Crippen molar-refractivity contribution in [3.8, 4) is 0 Å². The third-order valence-electron chi connectivity index (χ3n) is 3.25. The Bertz CT molecular complexity index is 493. The van der Waals surface area contributed by atoms with Gasteiger partial charge in [-0.25, -0.2) is 4.39 Å². The lowest BCUT2D eigenvalue weighted by atomic mass is 9.90. The van der Waals surface area contributed by atoms with Crippen LogP contribution < -0.4 is 5.32 Å². The Balaban J connectivity index is 1.89. The van der Waals surface area contributed by atoms with Gasteiger partial charge in [0.05, 0.1) is 12.6 Å². The zero-order valence-electron chi connectivity index (χ0n) is 12.6. The Hall–Kier alpha value is -1.03. The second kappa shape index (κ2) is 6.17. The standard InChI is InChI=1S/C16H23FN2S/c1-11(12-6-5-7-13(17)8-12)19-15-18-10-14(20-15)9-16(2,3)4/h5-8,11,14H,9-10H2,1-4H3,(H,18,19). The topological polar surface area (TPSA) is 24.4 Å². The summed E-state index contributed by atoms with van der Waals surface area (Å²) in [6.07, 6.45) is 1.15. The Morgan fingerprint density at radius 1 is 1.45 bits per heavy atom. The Morgan fingerprint density at radius 2 is 2.20 bits per heavy atom. The number of hydrogen-bond donors (Lipinski definition) is 1. The molecular weight excluding hydrogens is 271 g/mol. The number of halogens is 1. The van der Waals surface area contributed by atoms with Crippen LogP contribution in [-0.2, 0) is 0 Å². The molecule has 2 rings (SSSR count). The fourth-order valence-electron chi connectivity index (χ4n) is 2.33. The summed E-state index contributed by atoms with van der Waals surface area (Å²) in [6.45, 7) is 9.69. The maximum absolute atomic E-state index is 13.2. The molecular formula is C16H23FN2S. The number of nitrogens with zero attached hydrogens (tertiary/aromatic N) is 1. The van der Waals surface area contributed by atoms with E-state index in [4.69, 9.17) is 0 Å². The van der Waals surface area contributed by atoms with Gasteiger partial charge in [0.1, 0.15) is 5.82 Å². The van der Waals surface area contributed by atoms with Gasteiger partial charge >= 0.3 is 0 Å². The van der Waals surface area contributed by atoms with Gasteiger partial charge < -0.3 is 5.32 Å². The van der Waals surface area contributed by atoms with Crippen molar-refractivity contribution in [1.29, 1.82) is 0 Å². The summed E-state index contributed by atoms with van der Waals surface area (Å²) in [7, 11) is 0. The van der Waals surface area contributed by atoms with Crippen LogP contribution >= 0.6 is 11.8 Å². The van der Waals surface area contributed by atoms with E-state index in [1.807, 2.05) is 24.8 Å². The molecule has 0 saturated heterocycles. The molecule has 2 unspecified atom stereocenters. The van der Waals surface area contributed by atoms with Crippen molar-refractivity contribution >= 4 is 16.9 Å². The Kier molecular flexibility index (Phi) is 4.74. The molecule has 1 heterocycles. The minimum absolute atomic E-state index is 0.0744. The van der Waals surface area contributed by atoms with Crippen molar-refractivity contribution in [2.24, 2.45) is 10.4 Å². The van der Waals surface area contributed by atoms with Crippen molar-refractivity contribution in [2.75, 3.05) is 6.54 Å². The van der Waals surface area contributed by atoms with Gasteiger partial charge in [-0.3, -0.25) is 4.99 Å². The molecule has 110 valence electrons. The summed E-state index contributed by atoms with van der Waals surface area (Å²) >= 11 is 1.81. The van der Waals surface area contributed by atoms with Crippen LogP contribution in [0.3, 0.4) is 0 Å². The van der Waals surface area contributed by atoms with Gasteiger partial charge in [-0.2, -0.15) is 0 Å². The first-order valence-electron chi connectivity index (χ1n) is 7.06. The van der Waals surface area contributed by atoms with E-state index >= 15 is 0 Å². The Labute approximate surface area is 125 Å². The van der Waals surface area contributed by atoms with Crippen LogP contribution in [0.2, 0.25) is 0 Å². The maximum atomic E-state index is 13.2. The summed E-state index contributed by atoms with van der Waals surface area (Å²) in [5.41, 5.74) is 1.28. The molecule has 0 aromatic heterocycles. The van der Waals surface area contributed by atoms with Crippen molar-refractivity contribution in [1.82, 2.24) is 5.32 Å². The average molecular weight is 294 g/mol. The van der Waals surface area contributed by atoms with Crippen molar-refractivity contribution in [2.45, 2.75) is 45.4 Å². The number of thioether (sulfide) groups is 1. The molecule has 0 bridgehead atoms. The second-order valence-corrected chi connectivity index (χ2v) is 7.86. The van der Waals surface area contributed by atoms with Crippen LogP contribution in [-0.4, -0.2) is 17.0 Å². The van der Waals surface area contributed by atoms with Crippen molar-refractivity contribution < 1.29 is 4.39 Å². The predicted molar refractivity (Wildman–Crippen MR) is 85.7 cm³/mol. The van der Waals surface area contributed by atoms with Crippen molar-refractivity contribution in [3.63, 3.8) is 0 Å². The number of benzene rings is 1. The lowest BCUT2D eigenvalue weighted by Gasteiger charge is -2.22. The van der Waals surface area contributed by atoms with Gasteiger partial charge in [-0.05, 0) is 36.5 Å². The Morgan fingerprint density at radius 3 is 2.85 bits per heavy atom. The zero-order chi connectivity index (χ0) is 14.8. The number of amidine groups is 1. The highest BCUT2D eigenvalue weighted by atomic mass is 32.2. The SMILES string of the molecule is CC(NC1=NCC(CC(C)(C)C)S1)c1cccc(F)c1. The van der Waals surface area contributed by atoms with E-state index in [1.165, 1.54) is 6.07 Å². The van der Waals surface area contributed by atoms with E-state index in [2.05, 4.69) is 31.1 Å². The molecule has 0 aliphatic carbocycles. The van der Waals surface area contributed by atoms with E-state index in [1.54, 1.807) is 12.1 Å². The van der Waals surface area contributed by atoms with E-state index in [9.17, 15) is 4.39 Å². The predicted octanol–water partition coefficient (Wildman–Crippen LogP) is 4.38. The molecule has 0 fully saturated rings. The summed E-state index contributed by atoms with van der Waals surface area (Å²) in [6, 6.07) is 6.80. The highest BCUT2D eigenvalue weighted by Crippen LogP contribution is 2.32. The van der Waals surface area contributed by atoms with Gasteiger partial charge in [0.25, 0.3) is 0 Å². The second-order valence-electron chi connectivity index (χ2n) is 6.57. The molecule has 1 aliphatic heterocycles. The molecule has 4 heteroatoms.